The normalized spacial score (nSPS) is 29.9. The summed E-state index contributed by atoms with van der Waals surface area (Å²) in [4.78, 5) is 23.4. The van der Waals surface area contributed by atoms with E-state index in [0.717, 1.165) is 12.8 Å². The first-order valence-corrected chi connectivity index (χ1v) is 7.62. The van der Waals surface area contributed by atoms with Gasteiger partial charge < -0.3 is 10.4 Å². The van der Waals surface area contributed by atoms with Gasteiger partial charge in [-0.25, -0.2) is 0 Å². The highest BCUT2D eigenvalue weighted by molar-refractivity contribution is 5.85. The van der Waals surface area contributed by atoms with Crippen LogP contribution in [0.4, 0.5) is 0 Å². The fourth-order valence-corrected chi connectivity index (χ4v) is 3.65. The van der Waals surface area contributed by atoms with Crippen LogP contribution in [0.2, 0.25) is 0 Å². The lowest BCUT2D eigenvalue weighted by Crippen LogP contribution is -2.43. The van der Waals surface area contributed by atoms with Crippen molar-refractivity contribution in [1.82, 2.24) is 5.32 Å². The maximum Gasteiger partial charge on any atom is 0.307 e. The van der Waals surface area contributed by atoms with Crippen LogP contribution in [0.3, 0.4) is 0 Å². The maximum absolute atomic E-state index is 12.2. The summed E-state index contributed by atoms with van der Waals surface area (Å²) in [5, 5.41) is 12.2. The van der Waals surface area contributed by atoms with Crippen molar-refractivity contribution in [3.05, 3.63) is 0 Å². The highest BCUT2D eigenvalue weighted by Crippen LogP contribution is 2.33. The molecule has 0 heterocycles. The van der Waals surface area contributed by atoms with E-state index in [1.54, 1.807) is 0 Å². The lowest BCUT2D eigenvalue weighted by Gasteiger charge is -2.29. The molecule has 4 heteroatoms. The molecule has 19 heavy (non-hydrogen) atoms. The van der Waals surface area contributed by atoms with E-state index in [9.17, 15) is 9.59 Å². The van der Waals surface area contributed by atoms with Gasteiger partial charge in [0, 0.05) is 6.04 Å². The minimum Gasteiger partial charge on any atom is -0.481 e. The van der Waals surface area contributed by atoms with Gasteiger partial charge in [-0.1, -0.05) is 25.7 Å². The number of carboxylic acids is 1. The van der Waals surface area contributed by atoms with Crippen LogP contribution in [-0.4, -0.2) is 23.0 Å². The number of nitrogens with one attached hydrogen (secondary N) is 1. The number of carboxylic acid groups (broad SMARTS) is 1. The summed E-state index contributed by atoms with van der Waals surface area (Å²) in [6.45, 7) is 2.07. The molecule has 2 N–H and O–H groups in total. The molecule has 2 fully saturated rings. The summed E-state index contributed by atoms with van der Waals surface area (Å²) < 4.78 is 0. The van der Waals surface area contributed by atoms with Gasteiger partial charge in [0.05, 0.1) is 11.8 Å². The zero-order chi connectivity index (χ0) is 13.8. The Kier molecular flexibility index (Phi) is 4.83. The van der Waals surface area contributed by atoms with E-state index in [2.05, 4.69) is 12.2 Å². The molecule has 2 aliphatic carbocycles. The Morgan fingerprint density at radius 3 is 2.26 bits per heavy atom. The number of amides is 1. The molecule has 3 atom stereocenters. The molecule has 2 rings (SSSR count). The van der Waals surface area contributed by atoms with E-state index in [1.165, 1.54) is 32.1 Å². The average Bonchev–Trinajstić information content (AvgIpc) is 2.89. The standard InChI is InChI=1S/C15H25NO3/c1-10(11-6-3-2-4-7-11)16-14(17)12-8-5-9-13(12)15(18)19/h10-13H,2-9H2,1H3,(H,16,17)(H,18,19). The summed E-state index contributed by atoms with van der Waals surface area (Å²) in [6.07, 6.45) is 8.42. The third-order valence-electron chi connectivity index (χ3n) is 4.90. The molecular weight excluding hydrogens is 242 g/mol. The van der Waals surface area contributed by atoms with Gasteiger partial charge in [0.1, 0.15) is 0 Å². The third kappa shape index (κ3) is 3.48. The molecule has 0 aromatic carbocycles. The monoisotopic (exact) mass is 267 g/mol. The van der Waals surface area contributed by atoms with E-state index >= 15 is 0 Å². The molecule has 0 saturated heterocycles. The molecular formula is C15H25NO3. The molecule has 0 aromatic heterocycles. The van der Waals surface area contributed by atoms with Gasteiger partial charge in [-0.15, -0.1) is 0 Å². The minimum absolute atomic E-state index is 0.0389. The van der Waals surface area contributed by atoms with Crippen LogP contribution in [0.1, 0.15) is 58.3 Å². The predicted molar refractivity (Wildman–Crippen MR) is 72.6 cm³/mol. The summed E-state index contributed by atoms with van der Waals surface area (Å²) in [7, 11) is 0. The van der Waals surface area contributed by atoms with E-state index in [1.807, 2.05) is 0 Å². The van der Waals surface area contributed by atoms with Gasteiger partial charge in [-0.2, -0.15) is 0 Å². The molecule has 3 unspecified atom stereocenters. The average molecular weight is 267 g/mol. The van der Waals surface area contributed by atoms with Crippen LogP contribution >= 0.6 is 0 Å². The molecule has 2 aliphatic rings. The number of rotatable bonds is 4. The van der Waals surface area contributed by atoms with Crippen LogP contribution < -0.4 is 5.32 Å². The third-order valence-corrected chi connectivity index (χ3v) is 4.90. The van der Waals surface area contributed by atoms with Crippen molar-refractivity contribution in [3.63, 3.8) is 0 Å². The van der Waals surface area contributed by atoms with E-state index < -0.39 is 11.9 Å². The van der Waals surface area contributed by atoms with Crippen LogP contribution in [0.25, 0.3) is 0 Å². The SMILES string of the molecule is CC(NC(=O)C1CCCC1C(=O)O)C1CCCCC1. The van der Waals surface area contributed by atoms with Gasteiger partial charge in [0.15, 0.2) is 0 Å². The zero-order valence-corrected chi connectivity index (χ0v) is 11.7. The van der Waals surface area contributed by atoms with Crippen molar-refractivity contribution >= 4 is 11.9 Å². The quantitative estimate of drug-likeness (QED) is 0.822. The number of hydrogen-bond acceptors (Lipinski definition) is 2. The molecule has 0 radical (unpaired) electrons. The van der Waals surface area contributed by atoms with Crippen LogP contribution in [-0.2, 0) is 9.59 Å². The van der Waals surface area contributed by atoms with Crippen LogP contribution in [0.15, 0.2) is 0 Å². The Hall–Kier alpha value is -1.06. The second-order valence-corrected chi connectivity index (χ2v) is 6.18. The van der Waals surface area contributed by atoms with Gasteiger partial charge in [0.25, 0.3) is 0 Å². The molecule has 0 aliphatic heterocycles. The highest BCUT2D eigenvalue weighted by Gasteiger charge is 2.38. The molecule has 0 aromatic rings. The van der Waals surface area contributed by atoms with Crippen molar-refractivity contribution in [2.24, 2.45) is 17.8 Å². The van der Waals surface area contributed by atoms with Gasteiger partial charge in [-0.3, -0.25) is 9.59 Å². The summed E-state index contributed by atoms with van der Waals surface area (Å²) in [6, 6.07) is 0.183. The molecule has 4 nitrogen and oxygen atoms in total. The van der Waals surface area contributed by atoms with Gasteiger partial charge >= 0.3 is 5.97 Å². The number of carbonyl (C=O) groups is 2. The summed E-state index contributed by atoms with van der Waals surface area (Å²) >= 11 is 0. The molecule has 0 spiro atoms. The number of aliphatic carboxylic acids is 1. The number of carbonyl (C=O) groups excluding carboxylic acids is 1. The first-order valence-electron chi connectivity index (χ1n) is 7.62. The fourth-order valence-electron chi connectivity index (χ4n) is 3.65. The first kappa shape index (κ1) is 14.4. The van der Waals surface area contributed by atoms with Crippen molar-refractivity contribution in [2.45, 2.75) is 64.3 Å². The van der Waals surface area contributed by atoms with Crippen LogP contribution in [0.5, 0.6) is 0 Å². The Morgan fingerprint density at radius 1 is 1.00 bits per heavy atom. The maximum atomic E-state index is 12.2. The van der Waals surface area contributed by atoms with E-state index in [4.69, 9.17) is 5.11 Å². The smallest absolute Gasteiger partial charge is 0.307 e. The highest BCUT2D eigenvalue weighted by atomic mass is 16.4. The van der Waals surface area contributed by atoms with Crippen molar-refractivity contribution < 1.29 is 14.7 Å². The Labute approximate surface area is 115 Å². The number of hydrogen-bond donors (Lipinski definition) is 2. The van der Waals surface area contributed by atoms with Crippen molar-refractivity contribution in [2.75, 3.05) is 0 Å². The molecule has 108 valence electrons. The minimum atomic E-state index is -0.817. The van der Waals surface area contributed by atoms with Gasteiger partial charge in [-0.05, 0) is 38.5 Å². The lowest BCUT2D eigenvalue weighted by molar-refractivity contribution is -0.146. The first-order chi connectivity index (χ1) is 9.09. The Bertz CT molecular complexity index is 336. The van der Waals surface area contributed by atoms with Gasteiger partial charge in [0.2, 0.25) is 5.91 Å². The van der Waals surface area contributed by atoms with Crippen molar-refractivity contribution in [3.8, 4) is 0 Å². The molecule has 2 saturated carbocycles. The largest absolute Gasteiger partial charge is 0.481 e. The molecule has 0 bridgehead atoms. The Balaban J connectivity index is 1.87. The van der Waals surface area contributed by atoms with E-state index in [0.29, 0.717) is 12.3 Å². The fraction of sp³-hybridized carbons (Fsp3) is 0.867. The Morgan fingerprint density at radius 2 is 1.63 bits per heavy atom. The predicted octanol–water partition coefficient (Wildman–Crippen LogP) is 2.57. The second-order valence-electron chi connectivity index (χ2n) is 6.18. The van der Waals surface area contributed by atoms with Crippen LogP contribution in [0, 0.1) is 17.8 Å². The molecule has 1 amide bonds. The topological polar surface area (TPSA) is 66.4 Å². The summed E-state index contributed by atoms with van der Waals surface area (Å²) in [5.74, 6) is -1.07. The van der Waals surface area contributed by atoms with Crippen molar-refractivity contribution in [1.29, 1.82) is 0 Å². The second kappa shape index (κ2) is 6.40. The zero-order valence-electron chi connectivity index (χ0n) is 11.7. The van der Waals surface area contributed by atoms with E-state index in [-0.39, 0.29) is 17.9 Å². The summed E-state index contributed by atoms with van der Waals surface area (Å²) in [5.41, 5.74) is 0. The lowest BCUT2D eigenvalue weighted by atomic mass is 9.84.